The van der Waals surface area contributed by atoms with Crippen LogP contribution >= 0.6 is 34.5 Å². The molecule has 7 heteroatoms. The molecule has 0 radical (unpaired) electrons. The van der Waals surface area contributed by atoms with Crippen molar-refractivity contribution in [2.45, 2.75) is 12.8 Å². The Balaban J connectivity index is 1.77. The van der Waals surface area contributed by atoms with Gasteiger partial charge in [0.1, 0.15) is 5.01 Å². The number of hydrogen-bond acceptors (Lipinski definition) is 5. The Hall–Kier alpha value is -0.880. The molecule has 2 heterocycles. The molecule has 2 aromatic rings. The minimum Gasteiger partial charge on any atom is -0.396 e. The van der Waals surface area contributed by atoms with Crippen LogP contribution in [0, 0.1) is 5.92 Å². The molecule has 1 fully saturated rings. The fourth-order valence-electron chi connectivity index (χ4n) is 2.44. The van der Waals surface area contributed by atoms with Crippen molar-refractivity contribution in [1.29, 1.82) is 0 Å². The molecule has 1 saturated heterocycles. The van der Waals surface area contributed by atoms with Gasteiger partial charge in [0.25, 0.3) is 0 Å². The average Bonchev–Trinajstić information content (AvgIpc) is 2.96. The van der Waals surface area contributed by atoms with Gasteiger partial charge in [-0.2, -0.15) is 0 Å². The van der Waals surface area contributed by atoms with Crippen LogP contribution in [0.1, 0.15) is 12.8 Å². The van der Waals surface area contributed by atoms with E-state index in [9.17, 15) is 5.11 Å². The van der Waals surface area contributed by atoms with Crippen LogP contribution in [0.15, 0.2) is 18.2 Å². The normalized spacial score (nSPS) is 16.4. The number of aliphatic hydroxyl groups excluding tert-OH is 1. The van der Waals surface area contributed by atoms with Gasteiger partial charge < -0.3 is 10.0 Å². The molecule has 0 bridgehead atoms. The van der Waals surface area contributed by atoms with E-state index in [4.69, 9.17) is 23.2 Å². The Kier molecular flexibility index (Phi) is 4.64. The van der Waals surface area contributed by atoms with Crippen molar-refractivity contribution < 1.29 is 5.11 Å². The Labute approximate surface area is 137 Å². The summed E-state index contributed by atoms with van der Waals surface area (Å²) in [6, 6.07) is 5.39. The van der Waals surface area contributed by atoms with E-state index < -0.39 is 0 Å². The SMILES string of the molecule is OCC1CCN(c2nnc(-c3cc(Cl)cc(Cl)c3)s2)CC1. The van der Waals surface area contributed by atoms with E-state index in [1.165, 1.54) is 0 Å². The first-order chi connectivity index (χ1) is 10.2. The fraction of sp³-hybridized carbons (Fsp3) is 0.429. The molecular weight excluding hydrogens is 329 g/mol. The van der Waals surface area contributed by atoms with Gasteiger partial charge in [0.15, 0.2) is 0 Å². The van der Waals surface area contributed by atoms with E-state index in [0.717, 1.165) is 41.6 Å². The number of anilines is 1. The summed E-state index contributed by atoms with van der Waals surface area (Å²) in [6.45, 7) is 2.10. The highest BCUT2D eigenvalue weighted by Gasteiger charge is 2.21. The number of piperidine rings is 1. The predicted molar refractivity (Wildman–Crippen MR) is 87.4 cm³/mol. The topological polar surface area (TPSA) is 49.2 Å². The van der Waals surface area contributed by atoms with E-state index >= 15 is 0 Å². The zero-order chi connectivity index (χ0) is 14.8. The summed E-state index contributed by atoms with van der Waals surface area (Å²) in [5.41, 5.74) is 0.890. The number of halogens is 2. The number of nitrogens with zero attached hydrogens (tertiary/aromatic N) is 3. The van der Waals surface area contributed by atoms with Gasteiger partial charge in [-0.3, -0.25) is 0 Å². The van der Waals surface area contributed by atoms with Crippen LogP contribution in [-0.2, 0) is 0 Å². The first-order valence-corrected chi connectivity index (χ1v) is 8.38. The first-order valence-electron chi connectivity index (χ1n) is 6.81. The number of benzene rings is 1. The van der Waals surface area contributed by atoms with Crippen LogP contribution in [0.5, 0.6) is 0 Å². The zero-order valence-corrected chi connectivity index (χ0v) is 13.6. The molecule has 0 spiro atoms. The van der Waals surface area contributed by atoms with E-state index in [1.807, 2.05) is 12.1 Å². The predicted octanol–water partition coefficient (Wildman–Crippen LogP) is 3.72. The molecule has 1 aliphatic heterocycles. The van der Waals surface area contributed by atoms with Crippen molar-refractivity contribution in [3.63, 3.8) is 0 Å². The van der Waals surface area contributed by atoms with Crippen molar-refractivity contribution in [3.05, 3.63) is 28.2 Å². The van der Waals surface area contributed by atoms with Gasteiger partial charge in [-0.05, 0) is 37.0 Å². The fourth-order valence-corrected chi connectivity index (χ4v) is 3.85. The highest BCUT2D eigenvalue weighted by atomic mass is 35.5. The zero-order valence-electron chi connectivity index (χ0n) is 11.3. The van der Waals surface area contributed by atoms with E-state index in [0.29, 0.717) is 16.0 Å². The van der Waals surface area contributed by atoms with Crippen molar-refractivity contribution >= 4 is 39.7 Å². The highest BCUT2D eigenvalue weighted by molar-refractivity contribution is 7.18. The van der Waals surface area contributed by atoms with E-state index in [2.05, 4.69) is 15.1 Å². The third kappa shape index (κ3) is 3.48. The minimum absolute atomic E-state index is 0.274. The Bertz CT molecular complexity index is 606. The molecule has 1 aliphatic rings. The summed E-state index contributed by atoms with van der Waals surface area (Å²) >= 11 is 13.6. The standard InChI is InChI=1S/C14H15Cl2N3OS/c15-11-5-10(6-12(16)7-11)13-17-18-14(21-13)19-3-1-9(8-20)2-4-19/h5-7,9,20H,1-4,8H2. The number of aromatic nitrogens is 2. The molecule has 1 aromatic heterocycles. The quantitative estimate of drug-likeness (QED) is 0.922. The smallest absolute Gasteiger partial charge is 0.208 e. The molecule has 4 nitrogen and oxygen atoms in total. The highest BCUT2D eigenvalue weighted by Crippen LogP contribution is 2.33. The second-order valence-corrected chi connectivity index (χ2v) is 6.99. The Morgan fingerprint density at radius 1 is 1.14 bits per heavy atom. The summed E-state index contributed by atoms with van der Waals surface area (Å²) < 4.78 is 0. The molecule has 0 aliphatic carbocycles. The van der Waals surface area contributed by atoms with Gasteiger partial charge >= 0.3 is 0 Å². The van der Waals surface area contributed by atoms with Crippen LogP contribution in [0.25, 0.3) is 10.6 Å². The lowest BCUT2D eigenvalue weighted by Crippen LogP contribution is -2.34. The third-order valence-corrected chi connectivity index (χ3v) is 5.14. The van der Waals surface area contributed by atoms with Crippen LogP contribution < -0.4 is 4.90 Å². The van der Waals surface area contributed by atoms with Crippen LogP contribution in [-0.4, -0.2) is 35.0 Å². The third-order valence-electron chi connectivity index (χ3n) is 3.67. The molecule has 1 N–H and O–H groups in total. The van der Waals surface area contributed by atoms with Gasteiger partial charge in [-0.15, -0.1) is 10.2 Å². The van der Waals surface area contributed by atoms with Crippen LogP contribution in [0.2, 0.25) is 10.0 Å². The number of hydrogen-bond donors (Lipinski definition) is 1. The summed E-state index contributed by atoms with van der Waals surface area (Å²) in [5, 5.41) is 20.6. The van der Waals surface area contributed by atoms with Gasteiger partial charge in [-0.1, -0.05) is 34.5 Å². The minimum atomic E-state index is 0.274. The van der Waals surface area contributed by atoms with Crippen LogP contribution in [0.4, 0.5) is 5.13 Å². The largest absolute Gasteiger partial charge is 0.396 e. The monoisotopic (exact) mass is 343 g/mol. The second-order valence-electron chi connectivity index (χ2n) is 5.16. The number of aliphatic hydroxyl groups is 1. The summed E-state index contributed by atoms with van der Waals surface area (Å²) in [5.74, 6) is 0.417. The molecule has 112 valence electrons. The van der Waals surface area contributed by atoms with E-state index in [1.54, 1.807) is 17.4 Å². The number of rotatable bonds is 3. The Morgan fingerprint density at radius 3 is 2.43 bits per heavy atom. The Morgan fingerprint density at radius 2 is 1.81 bits per heavy atom. The van der Waals surface area contributed by atoms with Gasteiger partial charge in [-0.25, -0.2) is 0 Å². The maximum atomic E-state index is 9.18. The molecule has 3 rings (SSSR count). The average molecular weight is 344 g/mol. The molecule has 1 aromatic carbocycles. The second kappa shape index (κ2) is 6.48. The van der Waals surface area contributed by atoms with Crippen molar-refractivity contribution in [3.8, 4) is 10.6 Å². The maximum absolute atomic E-state index is 9.18. The van der Waals surface area contributed by atoms with Crippen molar-refractivity contribution in [1.82, 2.24) is 10.2 Å². The van der Waals surface area contributed by atoms with Gasteiger partial charge in [0, 0.05) is 35.3 Å². The van der Waals surface area contributed by atoms with Crippen LogP contribution in [0.3, 0.4) is 0 Å². The lowest BCUT2D eigenvalue weighted by Gasteiger charge is -2.30. The molecular formula is C14H15Cl2N3OS. The molecule has 21 heavy (non-hydrogen) atoms. The molecule has 0 amide bonds. The lowest BCUT2D eigenvalue weighted by atomic mass is 9.98. The lowest BCUT2D eigenvalue weighted by molar-refractivity contribution is 0.203. The summed E-state index contributed by atoms with van der Waals surface area (Å²) in [7, 11) is 0. The van der Waals surface area contributed by atoms with Crippen molar-refractivity contribution in [2.24, 2.45) is 5.92 Å². The van der Waals surface area contributed by atoms with Gasteiger partial charge in [0.05, 0.1) is 0 Å². The molecule has 0 atom stereocenters. The van der Waals surface area contributed by atoms with E-state index in [-0.39, 0.29) is 6.61 Å². The molecule has 0 saturated carbocycles. The summed E-state index contributed by atoms with van der Waals surface area (Å²) in [4.78, 5) is 2.22. The maximum Gasteiger partial charge on any atom is 0.208 e. The first kappa shape index (κ1) is 15.0. The van der Waals surface area contributed by atoms with Crippen molar-refractivity contribution in [2.75, 3.05) is 24.6 Å². The summed E-state index contributed by atoms with van der Waals surface area (Å²) in [6.07, 6.45) is 1.99. The van der Waals surface area contributed by atoms with Gasteiger partial charge in [0.2, 0.25) is 5.13 Å². The molecule has 0 unspecified atom stereocenters.